The predicted octanol–water partition coefficient (Wildman–Crippen LogP) is 6.38. The van der Waals surface area contributed by atoms with E-state index in [1.54, 1.807) is 24.3 Å². The Morgan fingerprint density at radius 2 is 1.80 bits per heavy atom. The maximum absolute atomic E-state index is 13.5. The van der Waals surface area contributed by atoms with Crippen molar-refractivity contribution in [1.82, 2.24) is 9.66 Å². The summed E-state index contributed by atoms with van der Waals surface area (Å²) in [5.41, 5.74) is 0.301. The number of nitrogens with zero attached hydrogens (tertiary/aromatic N) is 5. The van der Waals surface area contributed by atoms with Crippen molar-refractivity contribution in [3.63, 3.8) is 0 Å². The van der Waals surface area contributed by atoms with Crippen molar-refractivity contribution in [1.29, 1.82) is 0 Å². The van der Waals surface area contributed by atoms with Gasteiger partial charge in [0.15, 0.2) is 0 Å². The van der Waals surface area contributed by atoms with Crippen LogP contribution >= 0.6 is 11.6 Å². The van der Waals surface area contributed by atoms with Crippen molar-refractivity contribution in [2.45, 2.75) is 44.6 Å². The molecule has 204 valence electrons. The summed E-state index contributed by atoms with van der Waals surface area (Å²) in [4.78, 5) is 40.2. The van der Waals surface area contributed by atoms with Gasteiger partial charge in [-0.1, -0.05) is 55.1 Å². The average Bonchev–Trinajstić information content (AvgIpc) is 2.96. The summed E-state index contributed by atoms with van der Waals surface area (Å²) in [6, 6.07) is 15.4. The van der Waals surface area contributed by atoms with Crippen molar-refractivity contribution in [3.8, 4) is 5.75 Å². The molecule has 40 heavy (non-hydrogen) atoms. The lowest BCUT2D eigenvalue weighted by Crippen LogP contribution is -2.25. The van der Waals surface area contributed by atoms with E-state index >= 15 is 0 Å². The third-order valence-corrected chi connectivity index (χ3v) is 7.04. The summed E-state index contributed by atoms with van der Waals surface area (Å²) in [6.45, 7) is -0.185. The van der Waals surface area contributed by atoms with Crippen LogP contribution in [0, 0.1) is 20.2 Å². The molecular formula is C28H24ClN5O6. The number of ether oxygens (including phenoxy) is 1. The summed E-state index contributed by atoms with van der Waals surface area (Å²) in [5, 5.41) is 28.0. The molecule has 1 aliphatic rings. The van der Waals surface area contributed by atoms with Crippen LogP contribution < -0.4 is 10.3 Å². The molecular weight excluding hydrogens is 538 g/mol. The van der Waals surface area contributed by atoms with E-state index in [0.717, 1.165) is 38.2 Å². The number of hydrogen-bond donors (Lipinski definition) is 0. The monoisotopic (exact) mass is 561 g/mol. The van der Waals surface area contributed by atoms with Crippen molar-refractivity contribution in [2.75, 3.05) is 0 Å². The Labute approximate surface area is 233 Å². The summed E-state index contributed by atoms with van der Waals surface area (Å²) >= 11 is 6.21. The maximum Gasteiger partial charge on any atom is 0.313 e. The fourth-order valence-corrected chi connectivity index (χ4v) is 5.12. The van der Waals surface area contributed by atoms with Crippen LogP contribution in [0.5, 0.6) is 5.75 Å². The van der Waals surface area contributed by atoms with Crippen LogP contribution in [0.4, 0.5) is 11.4 Å². The van der Waals surface area contributed by atoms with Crippen molar-refractivity contribution in [3.05, 3.63) is 113 Å². The molecule has 12 heteroatoms. The van der Waals surface area contributed by atoms with Gasteiger partial charge in [0, 0.05) is 34.7 Å². The minimum Gasteiger partial charge on any atom is -0.481 e. The van der Waals surface area contributed by atoms with Crippen LogP contribution in [0.15, 0.2) is 70.6 Å². The number of para-hydroxylation sites is 1. The van der Waals surface area contributed by atoms with Gasteiger partial charge in [0.05, 0.1) is 27.0 Å². The summed E-state index contributed by atoms with van der Waals surface area (Å²) in [7, 11) is 0. The number of nitro groups is 2. The van der Waals surface area contributed by atoms with Gasteiger partial charge in [-0.2, -0.15) is 9.78 Å². The molecule has 5 rings (SSSR count). The van der Waals surface area contributed by atoms with Crippen LogP contribution in [0.2, 0.25) is 5.02 Å². The van der Waals surface area contributed by atoms with Crippen molar-refractivity contribution in [2.24, 2.45) is 5.10 Å². The van der Waals surface area contributed by atoms with E-state index in [9.17, 15) is 25.0 Å². The van der Waals surface area contributed by atoms with Crippen LogP contribution in [0.1, 0.15) is 55.0 Å². The number of nitro benzene ring substituents is 2. The fourth-order valence-electron chi connectivity index (χ4n) is 4.90. The highest BCUT2D eigenvalue weighted by Gasteiger charge is 2.24. The van der Waals surface area contributed by atoms with E-state index in [-0.39, 0.29) is 40.1 Å². The first-order valence-corrected chi connectivity index (χ1v) is 13.1. The van der Waals surface area contributed by atoms with Crippen molar-refractivity contribution < 1.29 is 14.6 Å². The zero-order valence-corrected chi connectivity index (χ0v) is 22.0. The molecule has 0 bridgehead atoms. The number of hydrogen-bond acceptors (Lipinski definition) is 8. The Hall–Kier alpha value is -4.64. The molecule has 3 aromatic carbocycles. The van der Waals surface area contributed by atoms with Gasteiger partial charge in [-0.3, -0.25) is 25.0 Å². The van der Waals surface area contributed by atoms with E-state index < -0.39 is 15.5 Å². The number of halogens is 1. The van der Waals surface area contributed by atoms with Gasteiger partial charge < -0.3 is 4.74 Å². The van der Waals surface area contributed by atoms with Gasteiger partial charge in [0.1, 0.15) is 12.4 Å². The standard InChI is InChI=1S/C28H24ClN5O6/c29-21-14-20(26(25(15-21)34(38)39)40-17-18-7-6-10-22(13-18)33(36)37)16-30-32-27(19-8-2-1-3-9-19)31-24-12-5-4-11-23(24)28(32)35/h4-7,10-16,19H,1-3,8-9,17H2. The second-order valence-corrected chi connectivity index (χ2v) is 9.94. The van der Waals surface area contributed by atoms with Crippen LogP contribution in [-0.4, -0.2) is 25.7 Å². The van der Waals surface area contributed by atoms with Crippen LogP contribution in [0.25, 0.3) is 10.9 Å². The van der Waals surface area contributed by atoms with Crippen molar-refractivity contribution >= 4 is 40.1 Å². The smallest absolute Gasteiger partial charge is 0.313 e. The normalized spacial score (nSPS) is 14.0. The molecule has 0 amide bonds. The highest BCUT2D eigenvalue weighted by molar-refractivity contribution is 6.31. The molecule has 4 aromatic rings. The Kier molecular flexibility index (Phi) is 7.83. The second-order valence-electron chi connectivity index (χ2n) is 9.50. The summed E-state index contributed by atoms with van der Waals surface area (Å²) in [6.07, 6.45) is 6.21. The topological polar surface area (TPSA) is 143 Å². The number of rotatable bonds is 8. The molecule has 0 spiro atoms. The Bertz CT molecular complexity index is 1700. The minimum absolute atomic E-state index is 0.0431. The molecule has 1 aliphatic carbocycles. The van der Waals surface area contributed by atoms with Gasteiger partial charge in [0.2, 0.25) is 5.75 Å². The lowest BCUT2D eigenvalue weighted by atomic mass is 9.88. The van der Waals surface area contributed by atoms with Gasteiger partial charge >= 0.3 is 5.69 Å². The van der Waals surface area contributed by atoms with Gasteiger partial charge in [-0.15, -0.1) is 0 Å². The largest absolute Gasteiger partial charge is 0.481 e. The predicted molar refractivity (Wildman–Crippen MR) is 150 cm³/mol. The van der Waals surface area contributed by atoms with Gasteiger partial charge in [-0.05, 0) is 36.6 Å². The highest BCUT2D eigenvalue weighted by Crippen LogP contribution is 2.35. The Balaban J connectivity index is 1.58. The lowest BCUT2D eigenvalue weighted by molar-refractivity contribution is -0.386. The minimum atomic E-state index is -0.636. The first-order valence-electron chi connectivity index (χ1n) is 12.7. The van der Waals surface area contributed by atoms with E-state index in [2.05, 4.69) is 5.10 Å². The number of fused-ring (bicyclic) bond motifs is 1. The molecule has 1 fully saturated rings. The molecule has 11 nitrogen and oxygen atoms in total. The van der Waals surface area contributed by atoms with Gasteiger partial charge in [-0.25, -0.2) is 4.98 Å². The van der Waals surface area contributed by atoms with E-state index in [1.807, 2.05) is 6.07 Å². The summed E-state index contributed by atoms with van der Waals surface area (Å²) in [5.74, 6) is 0.447. The van der Waals surface area contributed by atoms with E-state index in [0.29, 0.717) is 22.3 Å². The Morgan fingerprint density at radius 3 is 2.55 bits per heavy atom. The fraction of sp³-hybridized carbons (Fsp3) is 0.250. The lowest BCUT2D eigenvalue weighted by Gasteiger charge is -2.22. The quantitative estimate of drug-likeness (QED) is 0.138. The Morgan fingerprint density at radius 1 is 1.02 bits per heavy atom. The molecule has 1 aromatic heterocycles. The van der Waals surface area contributed by atoms with Gasteiger partial charge in [0.25, 0.3) is 11.2 Å². The summed E-state index contributed by atoms with van der Waals surface area (Å²) < 4.78 is 7.08. The number of benzene rings is 3. The molecule has 0 radical (unpaired) electrons. The first kappa shape index (κ1) is 26.9. The third-order valence-electron chi connectivity index (χ3n) is 6.83. The zero-order valence-electron chi connectivity index (χ0n) is 21.2. The molecule has 0 saturated heterocycles. The molecule has 0 unspecified atom stereocenters. The number of aromatic nitrogens is 2. The molecule has 0 aliphatic heterocycles. The highest BCUT2D eigenvalue weighted by atomic mass is 35.5. The van der Waals surface area contributed by atoms with E-state index in [4.69, 9.17) is 21.3 Å². The first-order chi connectivity index (χ1) is 19.3. The van der Waals surface area contributed by atoms with E-state index in [1.165, 1.54) is 35.2 Å². The third kappa shape index (κ3) is 5.69. The molecule has 1 heterocycles. The average molecular weight is 562 g/mol. The van der Waals surface area contributed by atoms with Crippen LogP contribution in [0.3, 0.4) is 0 Å². The van der Waals surface area contributed by atoms with Crippen LogP contribution in [-0.2, 0) is 6.61 Å². The molecule has 1 saturated carbocycles. The molecule has 0 atom stereocenters. The number of non-ortho nitro benzene ring substituents is 1. The zero-order chi connectivity index (χ0) is 28.2. The second kappa shape index (κ2) is 11.6. The maximum atomic E-state index is 13.5. The SMILES string of the molecule is O=c1c2ccccc2nc(C2CCCCC2)n1N=Cc1cc(Cl)cc([N+](=O)[O-])c1OCc1cccc([N+](=O)[O-])c1. The molecule has 0 N–H and O–H groups in total.